The molecule has 128 valence electrons. The van der Waals surface area contributed by atoms with Gasteiger partial charge in [0, 0.05) is 15.2 Å². The predicted molar refractivity (Wildman–Crippen MR) is 96.9 cm³/mol. The number of benzene rings is 1. The summed E-state index contributed by atoms with van der Waals surface area (Å²) >= 11 is 7.62. The maximum absolute atomic E-state index is 12.0. The first-order valence-corrected chi connectivity index (χ1v) is 8.75. The highest BCUT2D eigenvalue weighted by Gasteiger charge is 2.18. The molecule has 0 unspecified atom stereocenters. The first-order valence-electron chi connectivity index (χ1n) is 7.50. The lowest BCUT2D eigenvalue weighted by Crippen LogP contribution is -2.46. The zero-order valence-corrected chi connectivity index (χ0v) is 15.4. The number of thioether (sulfide) groups is 1. The Labute approximate surface area is 146 Å². The standard InChI is InChI=1S/C16H24ClN3O2S/c1-9(2)15(18)16(22)19-8-14(21)20-12-7-11(17)5-6-13(12)23-10(3)4/h5-7,9-10,15H,8,18H2,1-4H3,(H,19,22)(H,20,21)/t15-/m0/s1. The number of hydrogen-bond acceptors (Lipinski definition) is 4. The molecule has 0 aromatic heterocycles. The van der Waals surface area contributed by atoms with Crippen LogP contribution in [-0.4, -0.2) is 29.7 Å². The van der Waals surface area contributed by atoms with E-state index in [2.05, 4.69) is 24.5 Å². The molecule has 1 rings (SSSR count). The van der Waals surface area contributed by atoms with Gasteiger partial charge in [0.15, 0.2) is 0 Å². The van der Waals surface area contributed by atoms with Crippen molar-refractivity contribution in [3.8, 4) is 0 Å². The van der Waals surface area contributed by atoms with Gasteiger partial charge >= 0.3 is 0 Å². The molecule has 1 aromatic rings. The molecule has 0 heterocycles. The van der Waals surface area contributed by atoms with Crippen LogP contribution >= 0.6 is 23.4 Å². The SMILES string of the molecule is CC(C)Sc1ccc(Cl)cc1NC(=O)CNC(=O)[C@@H](N)C(C)C. The summed E-state index contributed by atoms with van der Waals surface area (Å²) < 4.78 is 0. The molecule has 0 aliphatic rings. The molecule has 5 nitrogen and oxygen atoms in total. The quantitative estimate of drug-likeness (QED) is 0.655. The zero-order valence-electron chi connectivity index (χ0n) is 13.9. The van der Waals surface area contributed by atoms with E-state index < -0.39 is 6.04 Å². The second-order valence-corrected chi connectivity index (χ2v) is 7.90. The Hall–Kier alpha value is -1.24. The Morgan fingerprint density at radius 2 is 1.91 bits per heavy atom. The molecule has 0 aliphatic heterocycles. The Morgan fingerprint density at radius 1 is 1.26 bits per heavy atom. The minimum atomic E-state index is -0.624. The van der Waals surface area contributed by atoms with Gasteiger partial charge in [0.2, 0.25) is 11.8 Å². The molecule has 0 radical (unpaired) electrons. The average molecular weight is 358 g/mol. The Balaban J connectivity index is 2.67. The number of halogens is 1. The zero-order chi connectivity index (χ0) is 17.6. The second kappa shape index (κ2) is 9.15. The molecule has 0 saturated carbocycles. The van der Waals surface area contributed by atoms with Crippen molar-refractivity contribution in [3.63, 3.8) is 0 Å². The molecule has 2 amide bonds. The summed E-state index contributed by atoms with van der Waals surface area (Å²) in [5, 5.41) is 6.24. The smallest absolute Gasteiger partial charge is 0.243 e. The summed E-state index contributed by atoms with van der Waals surface area (Å²) in [5.74, 6) is -0.639. The van der Waals surface area contributed by atoms with Crippen molar-refractivity contribution in [1.29, 1.82) is 0 Å². The van der Waals surface area contributed by atoms with Gasteiger partial charge < -0.3 is 16.4 Å². The number of carbonyl (C=O) groups is 2. The summed E-state index contributed by atoms with van der Waals surface area (Å²) in [7, 11) is 0. The van der Waals surface area contributed by atoms with Gasteiger partial charge in [-0.25, -0.2) is 0 Å². The van der Waals surface area contributed by atoms with Crippen molar-refractivity contribution >= 4 is 40.9 Å². The molecule has 0 saturated heterocycles. The molecule has 0 bridgehead atoms. The summed E-state index contributed by atoms with van der Waals surface area (Å²) in [6, 6.07) is 4.73. The first-order chi connectivity index (χ1) is 10.7. The number of carbonyl (C=O) groups excluding carboxylic acids is 2. The van der Waals surface area contributed by atoms with E-state index in [9.17, 15) is 9.59 Å². The molecular formula is C16H24ClN3O2S. The molecule has 0 spiro atoms. The van der Waals surface area contributed by atoms with E-state index in [1.165, 1.54) is 0 Å². The van der Waals surface area contributed by atoms with Crippen LogP contribution in [-0.2, 0) is 9.59 Å². The third-order valence-electron chi connectivity index (χ3n) is 3.02. The van der Waals surface area contributed by atoms with E-state index >= 15 is 0 Å². The lowest BCUT2D eigenvalue weighted by molar-refractivity contribution is -0.125. The molecule has 23 heavy (non-hydrogen) atoms. The maximum atomic E-state index is 12.0. The normalized spacial score (nSPS) is 12.3. The minimum Gasteiger partial charge on any atom is -0.346 e. The topological polar surface area (TPSA) is 84.2 Å². The third-order valence-corrected chi connectivity index (χ3v) is 4.34. The predicted octanol–water partition coefficient (Wildman–Crippen LogP) is 2.88. The van der Waals surface area contributed by atoms with Crippen molar-refractivity contribution in [1.82, 2.24) is 5.32 Å². The number of rotatable bonds is 7. The van der Waals surface area contributed by atoms with Crippen LogP contribution in [0.15, 0.2) is 23.1 Å². The van der Waals surface area contributed by atoms with E-state index in [-0.39, 0.29) is 24.3 Å². The molecule has 4 N–H and O–H groups in total. The van der Waals surface area contributed by atoms with Gasteiger partial charge in [-0.05, 0) is 24.1 Å². The number of nitrogens with one attached hydrogen (secondary N) is 2. The summed E-state index contributed by atoms with van der Waals surface area (Å²) in [6.07, 6.45) is 0. The van der Waals surface area contributed by atoms with Gasteiger partial charge in [-0.1, -0.05) is 39.3 Å². The monoisotopic (exact) mass is 357 g/mol. The molecule has 7 heteroatoms. The van der Waals surface area contributed by atoms with Crippen LogP contribution in [0.4, 0.5) is 5.69 Å². The minimum absolute atomic E-state index is 0.0139. The van der Waals surface area contributed by atoms with Crippen molar-refractivity contribution in [2.45, 2.75) is 43.9 Å². The summed E-state index contributed by atoms with van der Waals surface area (Å²) in [4.78, 5) is 24.7. The van der Waals surface area contributed by atoms with Crippen molar-refractivity contribution in [2.75, 3.05) is 11.9 Å². The van der Waals surface area contributed by atoms with Gasteiger partial charge in [0.05, 0.1) is 18.3 Å². The number of anilines is 1. The molecule has 0 aliphatic carbocycles. The van der Waals surface area contributed by atoms with Crippen LogP contribution in [0.25, 0.3) is 0 Å². The van der Waals surface area contributed by atoms with E-state index in [1.54, 1.807) is 23.9 Å². The fourth-order valence-electron chi connectivity index (χ4n) is 1.74. The Bertz CT molecular complexity index is 564. The molecule has 1 atom stereocenters. The van der Waals surface area contributed by atoms with E-state index in [0.717, 1.165) is 4.90 Å². The van der Waals surface area contributed by atoms with E-state index in [4.69, 9.17) is 17.3 Å². The maximum Gasteiger partial charge on any atom is 0.243 e. The summed E-state index contributed by atoms with van der Waals surface area (Å²) in [5.41, 5.74) is 6.38. The fourth-order valence-corrected chi connectivity index (χ4v) is 2.80. The van der Waals surface area contributed by atoms with Crippen molar-refractivity contribution in [2.24, 2.45) is 11.7 Å². The van der Waals surface area contributed by atoms with Crippen molar-refractivity contribution in [3.05, 3.63) is 23.2 Å². The van der Waals surface area contributed by atoms with Crippen LogP contribution in [0, 0.1) is 5.92 Å². The highest BCUT2D eigenvalue weighted by Crippen LogP contribution is 2.32. The van der Waals surface area contributed by atoms with Gasteiger partial charge in [-0.3, -0.25) is 9.59 Å². The largest absolute Gasteiger partial charge is 0.346 e. The van der Waals surface area contributed by atoms with Crippen LogP contribution < -0.4 is 16.4 Å². The van der Waals surface area contributed by atoms with E-state index in [1.807, 2.05) is 19.9 Å². The summed E-state index contributed by atoms with van der Waals surface area (Å²) in [6.45, 7) is 7.71. The average Bonchev–Trinajstić information content (AvgIpc) is 2.46. The number of hydrogen-bond donors (Lipinski definition) is 3. The first kappa shape index (κ1) is 19.8. The van der Waals surface area contributed by atoms with Crippen LogP contribution in [0.1, 0.15) is 27.7 Å². The number of nitrogens with two attached hydrogens (primary N) is 1. The Morgan fingerprint density at radius 3 is 2.48 bits per heavy atom. The molecule has 1 aromatic carbocycles. The van der Waals surface area contributed by atoms with Crippen LogP contribution in [0.3, 0.4) is 0 Å². The van der Waals surface area contributed by atoms with Gasteiger partial charge in [0.25, 0.3) is 0 Å². The van der Waals surface area contributed by atoms with Crippen LogP contribution in [0.5, 0.6) is 0 Å². The molecule has 0 fully saturated rings. The van der Waals surface area contributed by atoms with Crippen LogP contribution in [0.2, 0.25) is 5.02 Å². The molecular weight excluding hydrogens is 334 g/mol. The third kappa shape index (κ3) is 6.81. The lowest BCUT2D eigenvalue weighted by Gasteiger charge is -2.16. The Kier molecular flexibility index (Phi) is 7.88. The highest BCUT2D eigenvalue weighted by molar-refractivity contribution is 8.00. The van der Waals surface area contributed by atoms with Gasteiger partial charge in [-0.15, -0.1) is 11.8 Å². The van der Waals surface area contributed by atoms with E-state index in [0.29, 0.717) is 16.0 Å². The van der Waals surface area contributed by atoms with Gasteiger partial charge in [0.1, 0.15) is 0 Å². The number of amides is 2. The lowest BCUT2D eigenvalue weighted by atomic mass is 10.1. The highest BCUT2D eigenvalue weighted by atomic mass is 35.5. The fraction of sp³-hybridized carbons (Fsp3) is 0.500. The van der Waals surface area contributed by atoms with Crippen molar-refractivity contribution < 1.29 is 9.59 Å². The van der Waals surface area contributed by atoms with Gasteiger partial charge in [-0.2, -0.15) is 0 Å². The second-order valence-electron chi connectivity index (χ2n) is 5.84.